The SMILES string of the molecule is CCc1cccc(Cl)c1-c1cc(F)cc(C[C@H](C)CO)c1OC. The van der Waals surface area contributed by atoms with Crippen LogP contribution in [0.4, 0.5) is 4.39 Å². The van der Waals surface area contributed by atoms with Crippen LogP contribution in [0, 0.1) is 11.7 Å². The highest BCUT2D eigenvalue weighted by Crippen LogP contribution is 2.40. The highest BCUT2D eigenvalue weighted by Gasteiger charge is 2.19. The lowest BCUT2D eigenvalue weighted by Crippen LogP contribution is -2.07. The van der Waals surface area contributed by atoms with E-state index in [4.69, 9.17) is 16.3 Å². The molecular formula is C19H22ClFO2. The first kappa shape index (κ1) is 17.8. The van der Waals surface area contributed by atoms with Gasteiger partial charge in [-0.25, -0.2) is 4.39 Å². The van der Waals surface area contributed by atoms with Crippen LogP contribution in [0.3, 0.4) is 0 Å². The second-order valence-corrected chi connectivity index (χ2v) is 6.17. The van der Waals surface area contributed by atoms with Crippen LogP contribution in [0.2, 0.25) is 5.02 Å². The summed E-state index contributed by atoms with van der Waals surface area (Å²) in [5.74, 6) is 0.313. The van der Waals surface area contributed by atoms with Gasteiger partial charge in [0.15, 0.2) is 0 Å². The van der Waals surface area contributed by atoms with Gasteiger partial charge >= 0.3 is 0 Å². The molecule has 0 bridgehead atoms. The Kier molecular flexibility index (Phi) is 6.03. The maximum Gasteiger partial charge on any atom is 0.130 e. The quantitative estimate of drug-likeness (QED) is 0.814. The highest BCUT2D eigenvalue weighted by molar-refractivity contribution is 6.33. The average Bonchev–Trinajstić information content (AvgIpc) is 2.53. The highest BCUT2D eigenvalue weighted by atomic mass is 35.5. The molecule has 0 radical (unpaired) electrons. The lowest BCUT2D eigenvalue weighted by atomic mass is 9.92. The van der Waals surface area contributed by atoms with Crippen molar-refractivity contribution in [2.45, 2.75) is 26.7 Å². The summed E-state index contributed by atoms with van der Waals surface area (Å²) < 4.78 is 19.8. The van der Waals surface area contributed by atoms with Gasteiger partial charge < -0.3 is 9.84 Å². The summed E-state index contributed by atoms with van der Waals surface area (Å²) in [6.07, 6.45) is 1.33. The van der Waals surface area contributed by atoms with Crippen molar-refractivity contribution in [3.05, 3.63) is 52.3 Å². The van der Waals surface area contributed by atoms with Crippen LogP contribution in [0.5, 0.6) is 5.75 Å². The lowest BCUT2D eigenvalue weighted by Gasteiger charge is -2.19. The van der Waals surface area contributed by atoms with Gasteiger partial charge in [0, 0.05) is 22.8 Å². The predicted octanol–water partition coefficient (Wildman–Crippen LogP) is 4.89. The van der Waals surface area contributed by atoms with Crippen LogP contribution in [0.15, 0.2) is 30.3 Å². The van der Waals surface area contributed by atoms with Gasteiger partial charge in [0.1, 0.15) is 11.6 Å². The third-order valence-electron chi connectivity index (χ3n) is 3.96. The lowest BCUT2D eigenvalue weighted by molar-refractivity contribution is 0.236. The summed E-state index contributed by atoms with van der Waals surface area (Å²) in [5, 5.41) is 9.86. The van der Waals surface area contributed by atoms with Gasteiger partial charge in [-0.05, 0) is 48.1 Å². The Balaban J connectivity index is 2.68. The van der Waals surface area contributed by atoms with Gasteiger partial charge in [-0.1, -0.05) is 37.6 Å². The number of hydrogen-bond donors (Lipinski definition) is 1. The van der Waals surface area contributed by atoms with Crippen LogP contribution < -0.4 is 4.74 Å². The molecule has 0 saturated heterocycles. The monoisotopic (exact) mass is 336 g/mol. The molecule has 0 aliphatic carbocycles. The standard InChI is InChI=1S/C19H22ClFO2/c1-4-13-6-5-7-17(20)18(13)16-10-15(21)9-14(19(16)23-3)8-12(2)11-22/h5-7,9-10,12,22H,4,8,11H2,1-3H3/t12-/m0/s1. The van der Waals surface area contributed by atoms with Crippen molar-refractivity contribution >= 4 is 11.6 Å². The van der Waals surface area contributed by atoms with E-state index in [9.17, 15) is 9.50 Å². The van der Waals surface area contributed by atoms with Gasteiger partial charge in [-0.15, -0.1) is 0 Å². The summed E-state index contributed by atoms with van der Waals surface area (Å²) in [6.45, 7) is 3.99. The molecule has 2 rings (SSSR count). The zero-order valence-corrected chi connectivity index (χ0v) is 14.5. The molecule has 0 saturated carbocycles. The van der Waals surface area contributed by atoms with Crippen molar-refractivity contribution in [3.63, 3.8) is 0 Å². The smallest absolute Gasteiger partial charge is 0.130 e. The normalized spacial score (nSPS) is 12.3. The summed E-state index contributed by atoms with van der Waals surface area (Å²) in [5.41, 5.74) is 3.26. The first-order valence-corrected chi connectivity index (χ1v) is 8.14. The number of halogens is 2. The van der Waals surface area contributed by atoms with Gasteiger partial charge in [0.05, 0.1) is 7.11 Å². The fourth-order valence-corrected chi connectivity index (χ4v) is 3.13. The van der Waals surface area contributed by atoms with Crippen LogP contribution in [0.1, 0.15) is 25.0 Å². The maximum atomic E-state index is 14.2. The Labute approximate surface area is 141 Å². The molecule has 124 valence electrons. The van der Waals surface area contributed by atoms with Crippen LogP contribution >= 0.6 is 11.6 Å². The van der Waals surface area contributed by atoms with E-state index in [1.165, 1.54) is 12.1 Å². The first-order chi connectivity index (χ1) is 11.0. The van der Waals surface area contributed by atoms with E-state index < -0.39 is 0 Å². The molecular weight excluding hydrogens is 315 g/mol. The Morgan fingerprint density at radius 3 is 2.61 bits per heavy atom. The molecule has 0 unspecified atom stereocenters. The summed E-state index contributed by atoms with van der Waals surface area (Å²) in [6, 6.07) is 8.62. The second-order valence-electron chi connectivity index (χ2n) is 5.77. The number of aliphatic hydroxyl groups is 1. The molecule has 0 fully saturated rings. The van der Waals surface area contributed by atoms with Gasteiger partial charge in [0.2, 0.25) is 0 Å². The van der Waals surface area contributed by atoms with E-state index in [1.807, 2.05) is 26.0 Å². The molecule has 0 heterocycles. The zero-order chi connectivity index (χ0) is 17.0. The van der Waals surface area contributed by atoms with Crippen LogP contribution in [-0.4, -0.2) is 18.8 Å². The molecule has 1 N–H and O–H groups in total. The molecule has 0 aliphatic heterocycles. The minimum atomic E-state index is -0.331. The molecule has 0 amide bonds. The minimum absolute atomic E-state index is 0.0236. The zero-order valence-electron chi connectivity index (χ0n) is 13.7. The number of aliphatic hydroxyl groups excluding tert-OH is 1. The van der Waals surface area contributed by atoms with E-state index in [0.29, 0.717) is 22.8 Å². The van der Waals surface area contributed by atoms with E-state index in [-0.39, 0.29) is 18.3 Å². The molecule has 2 nitrogen and oxygen atoms in total. The van der Waals surface area contributed by atoms with Crippen molar-refractivity contribution in [2.24, 2.45) is 5.92 Å². The molecule has 1 atom stereocenters. The van der Waals surface area contributed by atoms with Crippen molar-refractivity contribution in [1.82, 2.24) is 0 Å². The Morgan fingerprint density at radius 2 is 2.00 bits per heavy atom. The fourth-order valence-electron chi connectivity index (χ4n) is 2.83. The largest absolute Gasteiger partial charge is 0.496 e. The average molecular weight is 337 g/mol. The maximum absolute atomic E-state index is 14.2. The number of hydrogen-bond acceptors (Lipinski definition) is 2. The number of methoxy groups -OCH3 is 1. The first-order valence-electron chi connectivity index (χ1n) is 7.76. The summed E-state index contributed by atoms with van der Waals surface area (Å²) >= 11 is 6.39. The van der Waals surface area contributed by atoms with E-state index in [2.05, 4.69) is 0 Å². The molecule has 23 heavy (non-hydrogen) atoms. The number of rotatable bonds is 6. The molecule has 2 aromatic rings. The minimum Gasteiger partial charge on any atom is -0.496 e. The number of ether oxygens (including phenoxy) is 1. The Hall–Kier alpha value is -1.58. The van der Waals surface area contributed by atoms with Crippen molar-refractivity contribution in [1.29, 1.82) is 0 Å². The van der Waals surface area contributed by atoms with Crippen LogP contribution in [-0.2, 0) is 12.8 Å². The van der Waals surface area contributed by atoms with Crippen LogP contribution in [0.25, 0.3) is 11.1 Å². The molecule has 4 heteroatoms. The summed E-state index contributed by atoms with van der Waals surface area (Å²) in [4.78, 5) is 0. The van der Waals surface area contributed by atoms with Gasteiger partial charge in [0.25, 0.3) is 0 Å². The third kappa shape index (κ3) is 3.85. The summed E-state index contributed by atoms with van der Waals surface area (Å²) in [7, 11) is 1.58. The number of aryl methyl sites for hydroxylation is 1. The van der Waals surface area contributed by atoms with E-state index in [0.717, 1.165) is 23.1 Å². The molecule has 0 aromatic heterocycles. The number of benzene rings is 2. The second kappa shape index (κ2) is 7.80. The van der Waals surface area contributed by atoms with Gasteiger partial charge in [-0.2, -0.15) is 0 Å². The molecule has 0 spiro atoms. The predicted molar refractivity (Wildman–Crippen MR) is 92.7 cm³/mol. The molecule has 2 aromatic carbocycles. The Morgan fingerprint density at radius 1 is 1.26 bits per heavy atom. The van der Waals surface area contributed by atoms with E-state index in [1.54, 1.807) is 13.2 Å². The molecule has 0 aliphatic rings. The topological polar surface area (TPSA) is 29.5 Å². The van der Waals surface area contributed by atoms with E-state index >= 15 is 0 Å². The van der Waals surface area contributed by atoms with Crippen molar-refractivity contribution in [2.75, 3.05) is 13.7 Å². The van der Waals surface area contributed by atoms with Crippen molar-refractivity contribution in [3.8, 4) is 16.9 Å². The van der Waals surface area contributed by atoms with Gasteiger partial charge in [-0.3, -0.25) is 0 Å². The Bertz CT molecular complexity index is 685. The third-order valence-corrected chi connectivity index (χ3v) is 4.28. The fraction of sp³-hybridized carbons (Fsp3) is 0.368. The van der Waals surface area contributed by atoms with Crippen molar-refractivity contribution < 1.29 is 14.2 Å².